The fraction of sp³-hybridized carbons (Fsp3) is 1.00. The Kier molecular flexibility index (Phi) is 16.7. The zero-order valence-corrected chi connectivity index (χ0v) is 13.2. The molecule has 0 fully saturated rings. The molecule has 0 saturated carbocycles. The number of aliphatic hydroxyl groups is 1. The van der Waals surface area contributed by atoms with E-state index >= 15 is 0 Å². The molecule has 0 bridgehead atoms. The van der Waals surface area contributed by atoms with Crippen molar-refractivity contribution in [2.24, 2.45) is 0 Å². The van der Waals surface area contributed by atoms with Gasteiger partial charge in [0.2, 0.25) is 0 Å². The first-order chi connectivity index (χ1) is 9.81. The molecule has 0 amide bonds. The number of hydrogen-bond donors (Lipinski definition) is 2. The highest BCUT2D eigenvalue weighted by atomic mass is 16.5. The second-order valence-electron chi connectivity index (χ2n) is 4.91. The predicted molar refractivity (Wildman–Crippen MR) is 81.1 cm³/mol. The minimum atomic E-state index is 0.266. The van der Waals surface area contributed by atoms with E-state index in [1.54, 1.807) is 0 Å². The molecule has 1 unspecified atom stereocenters. The van der Waals surface area contributed by atoms with E-state index in [-0.39, 0.29) is 6.61 Å². The molecule has 20 heavy (non-hydrogen) atoms. The highest BCUT2D eigenvalue weighted by Gasteiger charge is 1.99. The van der Waals surface area contributed by atoms with Gasteiger partial charge < -0.3 is 24.6 Å². The van der Waals surface area contributed by atoms with Crippen LogP contribution in [0.4, 0.5) is 0 Å². The predicted octanol–water partition coefficient (Wildman–Crippen LogP) is 1.59. The Labute approximate surface area is 124 Å². The summed E-state index contributed by atoms with van der Waals surface area (Å²) in [6, 6.07) is 0.433. The summed E-state index contributed by atoms with van der Waals surface area (Å²) in [6.45, 7) is 9.47. The van der Waals surface area contributed by atoms with Gasteiger partial charge in [-0.15, -0.1) is 0 Å². The van der Waals surface area contributed by atoms with E-state index < -0.39 is 0 Å². The molecule has 0 heterocycles. The first-order valence-corrected chi connectivity index (χ1v) is 7.88. The maximum atomic E-state index is 8.71. The highest BCUT2D eigenvalue weighted by molar-refractivity contribution is 4.59. The van der Waals surface area contributed by atoms with Gasteiger partial charge in [0, 0.05) is 25.8 Å². The van der Waals surface area contributed by atoms with Crippen LogP contribution in [0.3, 0.4) is 0 Å². The van der Waals surface area contributed by atoms with E-state index in [0.29, 0.717) is 39.1 Å². The third kappa shape index (κ3) is 15.9. The number of ether oxygens (including phenoxy) is 3. The Morgan fingerprint density at radius 2 is 1.50 bits per heavy atom. The highest BCUT2D eigenvalue weighted by Crippen LogP contribution is 1.94. The average Bonchev–Trinajstić information content (AvgIpc) is 2.46. The molecule has 0 aliphatic rings. The van der Waals surface area contributed by atoms with Crippen LogP contribution in [0.1, 0.15) is 39.5 Å². The van der Waals surface area contributed by atoms with Crippen LogP contribution in [0.2, 0.25) is 0 Å². The zero-order chi connectivity index (χ0) is 14.9. The van der Waals surface area contributed by atoms with Crippen LogP contribution in [0.5, 0.6) is 0 Å². The second kappa shape index (κ2) is 16.9. The SMILES string of the molecule is CCCCOCCOCCOCCNC(C)CCCO. The van der Waals surface area contributed by atoms with Gasteiger partial charge in [-0.25, -0.2) is 0 Å². The summed E-state index contributed by atoms with van der Waals surface area (Å²) in [5.74, 6) is 0. The molecule has 0 aliphatic heterocycles. The minimum absolute atomic E-state index is 0.266. The molecule has 5 heteroatoms. The van der Waals surface area contributed by atoms with E-state index in [1.807, 2.05) is 0 Å². The van der Waals surface area contributed by atoms with E-state index in [1.165, 1.54) is 6.42 Å². The third-order valence-electron chi connectivity index (χ3n) is 2.92. The fourth-order valence-electron chi connectivity index (χ4n) is 1.67. The lowest BCUT2D eigenvalue weighted by atomic mass is 10.2. The summed E-state index contributed by atoms with van der Waals surface area (Å²) in [7, 11) is 0. The Balaban J connectivity index is 3.02. The molecule has 0 radical (unpaired) electrons. The zero-order valence-electron chi connectivity index (χ0n) is 13.2. The Bertz CT molecular complexity index is 181. The van der Waals surface area contributed by atoms with Crippen molar-refractivity contribution in [2.75, 3.05) is 52.8 Å². The van der Waals surface area contributed by atoms with Crippen LogP contribution in [-0.4, -0.2) is 63.9 Å². The van der Waals surface area contributed by atoms with Crippen LogP contribution in [-0.2, 0) is 14.2 Å². The van der Waals surface area contributed by atoms with Gasteiger partial charge in [-0.2, -0.15) is 0 Å². The van der Waals surface area contributed by atoms with Gasteiger partial charge in [-0.1, -0.05) is 13.3 Å². The second-order valence-corrected chi connectivity index (χ2v) is 4.91. The molecular weight excluding hydrogens is 258 g/mol. The minimum Gasteiger partial charge on any atom is -0.396 e. The third-order valence-corrected chi connectivity index (χ3v) is 2.92. The van der Waals surface area contributed by atoms with E-state index in [4.69, 9.17) is 19.3 Å². The van der Waals surface area contributed by atoms with Gasteiger partial charge in [0.1, 0.15) is 0 Å². The molecular formula is C15H33NO4. The summed E-state index contributed by atoms with van der Waals surface area (Å²) in [5.41, 5.74) is 0. The Hall–Kier alpha value is -0.200. The van der Waals surface area contributed by atoms with Gasteiger partial charge in [0.25, 0.3) is 0 Å². The van der Waals surface area contributed by atoms with E-state index in [9.17, 15) is 0 Å². The number of hydrogen-bond acceptors (Lipinski definition) is 5. The maximum Gasteiger partial charge on any atom is 0.0701 e. The summed E-state index contributed by atoms with van der Waals surface area (Å²) >= 11 is 0. The molecule has 0 aromatic heterocycles. The largest absolute Gasteiger partial charge is 0.396 e. The molecule has 0 aromatic carbocycles. The summed E-state index contributed by atoms with van der Waals surface area (Å²) in [5, 5.41) is 12.1. The van der Waals surface area contributed by atoms with Crippen LogP contribution >= 0.6 is 0 Å². The van der Waals surface area contributed by atoms with Gasteiger partial charge in [0.05, 0.1) is 33.0 Å². The van der Waals surface area contributed by atoms with Gasteiger partial charge in [-0.05, 0) is 26.2 Å². The molecule has 122 valence electrons. The van der Waals surface area contributed by atoms with E-state index in [2.05, 4.69) is 19.2 Å². The first kappa shape index (κ1) is 19.8. The summed E-state index contributed by atoms with van der Waals surface area (Å²) < 4.78 is 16.2. The first-order valence-electron chi connectivity index (χ1n) is 7.88. The molecule has 0 rings (SSSR count). The normalized spacial score (nSPS) is 12.8. The number of rotatable bonds is 16. The summed E-state index contributed by atoms with van der Waals surface area (Å²) in [6.07, 6.45) is 4.13. The average molecular weight is 291 g/mol. The molecule has 1 atom stereocenters. The van der Waals surface area contributed by atoms with Crippen molar-refractivity contribution >= 4 is 0 Å². The number of nitrogens with one attached hydrogen (secondary N) is 1. The van der Waals surface area contributed by atoms with Crippen LogP contribution in [0.25, 0.3) is 0 Å². The monoisotopic (exact) mass is 291 g/mol. The molecule has 2 N–H and O–H groups in total. The van der Waals surface area contributed by atoms with E-state index in [0.717, 1.165) is 32.4 Å². The topological polar surface area (TPSA) is 60.0 Å². The lowest BCUT2D eigenvalue weighted by molar-refractivity contribution is 0.0144. The molecule has 5 nitrogen and oxygen atoms in total. The lowest BCUT2D eigenvalue weighted by Gasteiger charge is -2.13. The quantitative estimate of drug-likeness (QED) is 0.423. The molecule has 0 aromatic rings. The molecule has 0 saturated heterocycles. The van der Waals surface area contributed by atoms with Crippen molar-refractivity contribution in [3.63, 3.8) is 0 Å². The van der Waals surface area contributed by atoms with Crippen molar-refractivity contribution < 1.29 is 19.3 Å². The summed E-state index contributed by atoms with van der Waals surface area (Å²) in [4.78, 5) is 0. The van der Waals surface area contributed by atoms with Crippen molar-refractivity contribution in [1.29, 1.82) is 0 Å². The smallest absolute Gasteiger partial charge is 0.0701 e. The Morgan fingerprint density at radius 3 is 2.10 bits per heavy atom. The van der Waals surface area contributed by atoms with Crippen LogP contribution in [0.15, 0.2) is 0 Å². The standard InChI is InChI=1S/C15H33NO4/c1-3-4-9-18-11-13-20-14-12-19-10-7-16-15(2)6-5-8-17/h15-17H,3-14H2,1-2H3. The Morgan fingerprint density at radius 1 is 0.900 bits per heavy atom. The van der Waals surface area contributed by atoms with Crippen molar-refractivity contribution in [1.82, 2.24) is 5.32 Å². The van der Waals surface area contributed by atoms with Gasteiger partial charge >= 0.3 is 0 Å². The van der Waals surface area contributed by atoms with Crippen molar-refractivity contribution in [3.05, 3.63) is 0 Å². The van der Waals surface area contributed by atoms with Gasteiger partial charge in [-0.3, -0.25) is 0 Å². The lowest BCUT2D eigenvalue weighted by Crippen LogP contribution is -2.29. The number of unbranched alkanes of at least 4 members (excludes halogenated alkanes) is 1. The van der Waals surface area contributed by atoms with Gasteiger partial charge in [0.15, 0.2) is 0 Å². The van der Waals surface area contributed by atoms with Crippen molar-refractivity contribution in [2.45, 2.75) is 45.6 Å². The molecule has 0 spiro atoms. The fourth-order valence-corrected chi connectivity index (χ4v) is 1.67. The maximum absolute atomic E-state index is 8.71. The van der Waals surface area contributed by atoms with Crippen molar-refractivity contribution in [3.8, 4) is 0 Å². The molecule has 0 aliphatic carbocycles. The van der Waals surface area contributed by atoms with Crippen LogP contribution in [0, 0.1) is 0 Å². The number of aliphatic hydroxyl groups excluding tert-OH is 1. The van der Waals surface area contributed by atoms with Crippen LogP contribution < -0.4 is 5.32 Å².